The van der Waals surface area contributed by atoms with Gasteiger partial charge in [0.1, 0.15) is 0 Å². The Kier molecular flexibility index (Phi) is 5.47. The van der Waals surface area contributed by atoms with Gasteiger partial charge in [0.15, 0.2) is 0 Å². The molecule has 1 N–H and O–H groups in total. The topological polar surface area (TPSA) is 31.4 Å². The van der Waals surface area contributed by atoms with Crippen LogP contribution in [-0.2, 0) is 0 Å². The fraction of sp³-hybridized carbons (Fsp3) is 0.688. The number of hydrogen-bond acceptors (Lipinski definition) is 4. The van der Waals surface area contributed by atoms with Gasteiger partial charge in [0, 0.05) is 45.5 Å². The van der Waals surface area contributed by atoms with Crippen molar-refractivity contribution in [3.63, 3.8) is 0 Å². The number of pyridine rings is 1. The lowest BCUT2D eigenvalue weighted by atomic mass is 9.89. The number of nitrogens with one attached hydrogen (secondary N) is 1. The van der Waals surface area contributed by atoms with E-state index >= 15 is 0 Å². The summed E-state index contributed by atoms with van der Waals surface area (Å²) in [7, 11) is 0. The molecule has 0 spiro atoms. The number of anilines is 1. The number of halogens is 1. The molecule has 0 saturated carbocycles. The molecule has 0 radical (unpaired) electrons. The van der Waals surface area contributed by atoms with Gasteiger partial charge < -0.3 is 10.2 Å². The van der Waals surface area contributed by atoms with Crippen molar-refractivity contribution in [3.8, 4) is 0 Å². The normalized spacial score (nSPS) is 26.7. The van der Waals surface area contributed by atoms with Crippen LogP contribution in [0.5, 0.6) is 0 Å². The minimum Gasteiger partial charge on any atom is -0.368 e. The van der Waals surface area contributed by atoms with Gasteiger partial charge in [0.25, 0.3) is 0 Å². The zero-order valence-corrected chi connectivity index (χ0v) is 14.0. The Morgan fingerprint density at radius 2 is 2.05 bits per heavy atom. The monoisotopic (exact) mass is 310 g/mol. The van der Waals surface area contributed by atoms with Gasteiger partial charge in [-0.1, -0.05) is 6.92 Å². The highest BCUT2D eigenvalue weighted by Gasteiger charge is 2.31. The number of aromatic nitrogens is 1. The standard InChI is InChI=1S/C16H26N4.ClH/c1-14-3-5-17-11-15(14)20-9-7-19(8-10-20)13-16(2)4-6-18-12-16;/h3,5,11,18H,4,6-10,12-13H2,1-2H3;1H. The molecule has 0 bridgehead atoms. The third kappa shape index (κ3) is 3.87. The van der Waals surface area contributed by atoms with Crippen LogP contribution < -0.4 is 10.2 Å². The SMILES string of the molecule is Cc1ccncc1N1CCN(CC2(C)CCNC2)CC1.Cl. The summed E-state index contributed by atoms with van der Waals surface area (Å²) in [6, 6.07) is 2.10. The second kappa shape index (κ2) is 6.95. The van der Waals surface area contributed by atoms with Crippen molar-refractivity contribution >= 4 is 18.1 Å². The van der Waals surface area contributed by atoms with Crippen LogP contribution in [0.15, 0.2) is 18.5 Å². The first-order valence-electron chi connectivity index (χ1n) is 7.75. The molecular weight excluding hydrogens is 284 g/mol. The summed E-state index contributed by atoms with van der Waals surface area (Å²) in [5.74, 6) is 0. The molecule has 3 heterocycles. The molecule has 1 unspecified atom stereocenters. The van der Waals surface area contributed by atoms with Crippen LogP contribution in [0.3, 0.4) is 0 Å². The smallest absolute Gasteiger partial charge is 0.0583 e. The predicted molar refractivity (Wildman–Crippen MR) is 90.5 cm³/mol. The molecule has 2 aliphatic heterocycles. The van der Waals surface area contributed by atoms with E-state index in [1.165, 1.54) is 50.4 Å². The molecular formula is C16H27ClN4. The molecule has 3 rings (SSSR count). The maximum Gasteiger partial charge on any atom is 0.0583 e. The van der Waals surface area contributed by atoms with E-state index in [9.17, 15) is 0 Å². The second-order valence-corrected chi connectivity index (χ2v) is 6.66. The van der Waals surface area contributed by atoms with Crippen molar-refractivity contribution < 1.29 is 0 Å². The van der Waals surface area contributed by atoms with Crippen LogP contribution in [0.1, 0.15) is 18.9 Å². The van der Waals surface area contributed by atoms with E-state index < -0.39 is 0 Å². The highest BCUT2D eigenvalue weighted by Crippen LogP contribution is 2.27. The Labute approximate surface area is 134 Å². The van der Waals surface area contributed by atoms with Crippen molar-refractivity contribution in [2.75, 3.05) is 50.7 Å². The molecule has 1 aromatic rings. The largest absolute Gasteiger partial charge is 0.368 e. The van der Waals surface area contributed by atoms with Crippen molar-refractivity contribution in [3.05, 3.63) is 24.0 Å². The van der Waals surface area contributed by atoms with Gasteiger partial charge in [-0.2, -0.15) is 0 Å². The Hall–Kier alpha value is -0.840. The first kappa shape index (κ1) is 16.5. The average Bonchev–Trinajstić information content (AvgIpc) is 2.87. The van der Waals surface area contributed by atoms with Crippen molar-refractivity contribution in [2.24, 2.45) is 5.41 Å². The number of rotatable bonds is 3. The molecule has 1 atom stereocenters. The van der Waals surface area contributed by atoms with Gasteiger partial charge in [-0.15, -0.1) is 12.4 Å². The molecule has 2 saturated heterocycles. The second-order valence-electron chi connectivity index (χ2n) is 6.66. The van der Waals surface area contributed by atoms with Gasteiger partial charge in [-0.3, -0.25) is 9.88 Å². The summed E-state index contributed by atoms with van der Waals surface area (Å²) in [5.41, 5.74) is 3.12. The maximum atomic E-state index is 4.27. The summed E-state index contributed by atoms with van der Waals surface area (Å²) in [5, 5.41) is 3.50. The number of nitrogens with zero attached hydrogens (tertiary/aromatic N) is 3. The van der Waals surface area contributed by atoms with Crippen molar-refractivity contribution in [1.29, 1.82) is 0 Å². The highest BCUT2D eigenvalue weighted by atomic mass is 35.5. The third-order valence-corrected chi connectivity index (χ3v) is 4.79. The lowest BCUT2D eigenvalue weighted by Gasteiger charge is -2.39. The van der Waals surface area contributed by atoms with Crippen LogP contribution in [0.25, 0.3) is 0 Å². The van der Waals surface area contributed by atoms with Gasteiger partial charge in [-0.05, 0) is 36.9 Å². The molecule has 0 aliphatic carbocycles. The summed E-state index contributed by atoms with van der Waals surface area (Å²) in [6.45, 7) is 12.8. The third-order valence-electron chi connectivity index (χ3n) is 4.79. The molecule has 118 valence electrons. The van der Waals surface area contributed by atoms with Crippen molar-refractivity contribution in [1.82, 2.24) is 15.2 Å². The Morgan fingerprint density at radius 3 is 2.67 bits per heavy atom. The fourth-order valence-corrected chi connectivity index (χ4v) is 3.48. The molecule has 0 amide bonds. The first-order valence-corrected chi connectivity index (χ1v) is 7.75. The van der Waals surface area contributed by atoms with Gasteiger partial charge in [0.05, 0.1) is 11.9 Å². The number of aryl methyl sites for hydroxylation is 1. The average molecular weight is 311 g/mol. The van der Waals surface area contributed by atoms with E-state index in [0.29, 0.717) is 5.41 Å². The molecule has 2 aliphatic rings. The zero-order chi connectivity index (χ0) is 14.0. The molecule has 5 heteroatoms. The van der Waals surface area contributed by atoms with Crippen LogP contribution in [0.4, 0.5) is 5.69 Å². The fourth-order valence-electron chi connectivity index (χ4n) is 3.48. The Balaban J connectivity index is 0.00000161. The van der Waals surface area contributed by atoms with E-state index in [2.05, 4.69) is 40.0 Å². The van der Waals surface area contributed by atoms with E-state index in [0.717, 1.165) is 13.1 Å². The summed E-state index contributed by atoms with van der Waals surface area (Å²) < 4.78 is 0. The van der Waals surface area contributed by atoms with E-state index in [1.807, 2.05) is 12.4 Å². The lowest BCUT2D eigenvalue weighted by Crippen LogP contribution is -2.50. The maximum absolute atomic E-state index is 4.27. The van der Waals surface area contributed by atoms with E-state index in [1.54, 1.807) is 0 Å². The molecule has 2 fully saturated rings. The molecule has 21 heavy (non-hydrogen) atoms. The summed E-state index contributed by atoms with van der Waals surface area (Å²) in [6.07, 6.45) is 5.20. The summed E-state index contributed by atoms with van der Waals surface area (Å²) in [4.78, 5) is 9.38. The first-order chi connectivity index (χ1) is 9.66. The molecule has 4 nitrogen and oxygen atoms in total. The predicted octanol–water partition coefficient (Wildman–Crippen LogP) is 1.93. The lowest BCUT2D eigenvalue weighted by molar-refractivity contribution is 0.169. The van der Waals surface area contributed by atoms with Gasteiger partial charge in [0.2, 0.25) is 0 Å². The van der Waals surface area contributed by atoms with Gasteiger partial charge in [-0.25, -0.2) is 0 Å². The Bertz CT molecular complexity index is 451. The van der Waals surface area contributed by atoms with Crippen LogP contribution in [0, 0.1) is 12.3 Å². The van der Waals surface area contributed by atoms with Crippen LogP contribution >= 0.6 is 12.4 Å². The molecule has 0 aromatic carbocycles. The molecule has 1 aromatic heterocycles. The Morgan fingerprint density at radius 1 is 1.29 bits per heavy atom. The minimum atomic E-state index is 0. The number of piperazine rings is 1. The quantitative estimate of drug-likeness (QED) is 0.924. The highest BCUT2D eigenvalue weighted by molar-refractivity contribution is 5.85. The zero-order valence-electron chi connectivity index (χ0n) is 13.1. The van der Waals surface area contributed by atoms with Crippen LogP contribution in [-0.4, -0.2) is 55.7 Å². The van der Waals surface area contributed by atoms with Crippen LogP contribution in [0.2, 0.25) is 0 Å². The van der Waals surface area contributed by atoms with Gasteiger partial charge >= 0.3 is 0 Å². The van der Waals surface area contributed by atoms with E-state index in [-0.39, 0.29) is 12.4 Å². The van der Waals surface area contributed by atoms with Crippen molar-refractivity contribution in [2.45, 2.75) is 20.3 Å². The minimum absolute atomic E-state index is 0. The van der Waals surface area contributed by atoms with E-state index in [4.69, 9.17) is 0 Å². The number of hydrogen-bond donors (Lipinski definition) is 1. The summed E-state index contributed by atoms with van der Waals surface area (Å²) >= 11 is 0.